The first-order valence-corrected chi connectivity index (χ1v) is 7.13. The molecule has 2 N–H and O–H groups in total. The summed E-state index contributed by atoms with van der Waals surface area (Å²) in [7, 11) is 0. The van der Waals surface area contributed by atoms with Crippen LogP contribution in [0.5, 0.6) is 0 Å². The number of hydrogen-bond acceptors (Lipinski definition) is 1. The van der Waals surface area contributed by atoms with Crippen LogP contribution in [-0.4, -0.2) is 0 Å². The van der Waals surface area contributed by atoms with Crippen LogP contribution in [0.3, 0.4) is 0 Å². The van der Waals surface area contributed by atoms with Gasteiger partial charge in [0.2, 0.25) is 0 Å². The van der Waals surface area contributed by atoms with Gasteiger partial charge in [0.25, 0.3) is 0 Å². The van der Waals surface area contributed by atoms with E-state index in [0.29, 0.717) is 5.41 Å². The van der Waals surface area contributed by atoms with Crippen LogP contribution >= 0.6 is 0 Å². The van der Waals surface area contributed by atoms with E-state index in [1.165, 1.54) is 56.9 Å². The van der Waals surface area contributed by atoms with Crippen LogP contribution in [0.4, 0.5) is 5.69 Å². The fraction of sp³-hybridized carbons (Fsp3) is 0.625. The van der Waals surface area contributed by atoms with E-state index < -0.39 is 0 Å². The summed E-state index contributed by atoms with van der Waals surface area (Å²) in [5, 5.41) is 0. The highest BCUT2D eigenvalue weighted by molar-refractivity contribution is 5.42. The van der Waals surface area contributed by atoms with Crippen LogP contribution in [0.1, 0.15) is 62.8 Å². The highest BCUT2D eigenvalue weighted by atomic mass is 14.5. The van der Waals surface area contributed by atoms with Crippen LogP contribution in [-0.2, 0) is 0 Å². The third kappa shape index (κ3) is 2.20. The fourth-order valence-electron chi connectivity index (χ4n) is 4.13. The zero-order chi connectivity index (χ0) is 11.7. The van der Waals surface area contributed by atoms with E-state index in [2.05, 4.69) is 18.2 Å². The maximum atomic E-state index is 5.91. The predicted molar refractivity (Wildman–Crippen MR) is 73.0 cm³/mol. The lowest BCUT2D eigenvalue weighted by Gasteiger charge is -2.38. The molecule has 3 rings (SSSR count). The van der Waals surface area contributed by atoms with E-state index in [0.717, 1.165) is 11.6 Å². The number of nitrogens with two attached hydrogens (primary N) is 1. The van der Waals surface area contributed by atoms with Gasteiger partial charge in [0.15, 0.2) is 0 Å². The molecule has 0 radical (unpaired) electrons. The van der Waals surface area contributed by atoms with Crippen molar-refractivity contribution in [2.45, 2.75) is 57.3 Å². The van der Waals surface area contributed by atoms with Gasteiger partial charge in [0.05, 0.1) is 0 Å². The standard InChI is InChI=1S/C16H23N/c17-15-7-3-5-13(11-15)14-6-4-10-16(12-14)8-1-2-9-16/h3,5,7,11,14H,1-2,4,6,8-10,12,17H2. The Kier molecular flexibility index (Phi) is 2.85. The SMILES string of the molecule is Nc1cccc(C2CCCC3(CCCC3)C2)c1. The van der Waals surface area contributed by atoms with E-state index in [4.69, 9.17) is 5.73 Å². The molecule has 1 atom stereocenters. The largest absolute Gasteiger partial charge is 0.399 e. The second kappa shape index (κ2) is 4.36. The highest BCUT2D eigenvalue weighted by Crippen LogP contribution is 2.53. The zero-order valence-electron chi connectivity index (χ0n) is 10.6. The van der Waals surface area contributed by atoms with Gasteiger partial charge in [0, 0.05) is 5.69 Å². The Morgan fingerprint density at radius 1 is 1.06 bits per heavy atom. The molecule has 1 spiro atoms. The molecule has 2 aliphatic rings. The molecule has 1 aromatic rings. The minimum absolute atomic E-state index is 0.702. The fourth-order valence-corrected chi connectivity index (χ4v) is 4.13. The van der Waals surface area contributed by atoms with Gasteiger partial charge in [-0.2, -0.15) is 0 Å². The number of nitrogen functional groups attached to an aromatic ring is 1. The molecule has 0 heterocycles. The minimum Gasteiger partial charge on any atom is -0.399 e. The number of benzene rings is 1. The number of hydrogen-bond donors (Lipinski definition) is 1. The summed E-state index contributed by atoms with van der Waals surface area (Å²) in [5.41, 5.74) is 9.02. The quantitative estimate of drug-likeness (QED) is 0.706. The molecule has 0 aliphatic heterocycles. The van der Waals surface area contributed by atoms with Gasteiger partial charge in [-0.15, -0.1) is 0 Å². The Labute approximate surface area is 104 Å². The van der Waals surface area contributed by atoms with E-state index in [1.54, 1.807) is 0 Å². The van der Waals surface area contributed by atoms with Gasteiger partial charge in [-0.3, -0.25) is 0 Å². The second-order valence-corrected chi connectivity index (χ2v) is 6.17. The first kappa shape index (κ1) is 11.1. The third-order valence-electron chi connectivity index (χ3n) is 4.99. The molecule has 0 amide bonds. The average Bonchev–Trinajstić information content (AvgIpc) is 2.77. The van der Waals surface area contributed by atoms with Crippen molar-refractivity contribution in [2.24, 2.45) is 5.41 Å². The maximum absolute atomic E-state index is 5.91. The molecule has 1 nitrogen and oxygen atoms in total. The summed E-state index contributed by atoms with van der Waals surface area (Å²) in [6.45, 7) is 0. The van der Waals surface area contributed by atoms with E-state index in [-0.39, 0.29) is 0 Å². The summed E-state index contributed by atoms with van der Waals surface area (Å²) in [5.74, 6) is 0.769. The molecule has 2 fully saturated rings. The van der Waals surface area contributed by atoms with Crippen molar-refractivity contribution < 1.29 is 0 Å². The van der Waals surface area contributed by atoms with Crippen molar-refractivity contribution in [1.82, 2.24) is 0 Å². The summed E-state index contributed by atoms with van der Waals surface area (Å²) in [6, 6.07) is 8.58. The Hall–Kier alpha value is -0.980. The van der Waals surface area contributed by atoms with Gasteiger partial charge in [-0.05, 0) is 61.1 Å². The summed E-state index contributed by atoms with van der Waals surface area (Å²) >= 11 is 0. The van der Waals surface area contributed by atoms with Crippen LogP contribution in [0.2, 0.25) is 0 Å². The molecule has 0 saturated heterocycles. The van der Waals surface area contributed by atoms with Gasteiger partial charge in [-0.25, -0.2) is 0 Å². The predicted octanol–water partition coefficient (Wildman–Crippen LogP) is 4.49. The summed E-state index contributed by atoms with van der Waals surface area (Å²) in [6.07, 6.45) is 11.6. The smallest absolute Gasteiger partial charge is 0.0316 e. The van der Waals surface area contributed by atoms with Gasteiger partial charge < -0.3 is 5.73 Å². The Bertz CT molecular complexity index is 390. The summed E-state index contributed by atoms with van der Waals surface area (Å²) in [4.78, 5) is 0. The number of rotatable bonds is 1. The normalized spacial score (nSPS) is 27.4. The first-order chi connectivity index (χ1) is 8.27. The molecule has 0 aromatic heterocycles. The van der Waals surface area contributed by atoms with E-state index in [1.807, 2.05) is 6.07 Å². The van der Waals surface area contributed by atoms with E-state index >= 15 is 0 Å². The van der Waals surface area contributed by atoms with Crippen LogP contribution in [0.15, 0.2) is 24.3 Å². The lowest BCUT2D eigenvalue weighted by molar-refractivity contribution is 0.176. The molecule has 2 saturated carbocycles. The molecule has 1 unspecified atom stereocenters. The molecule has 1 aromatic carbocycles. The monoisotopic (exact) mass is 229 g/mol. The van der Waals surface area contributed by atoms with Crippen molar-refractivity contribution in [3.63, 3.8) is 0 Å². The first-order valence-electron chi connectivity index (χ1n) is 7.13. The van der Waals surface area contributed by atoms with Crippen LogP contribution in [0.25, 0.3) is 0 Å². The van der Waals surface area contributed by atoms with Crippen LogP contribution < -0.4 is 5.73 Å². The van der Waals surface area contributed by atoms with E-state index in [9.17, 15) is 0 Å². The zero-order valence-corrected chi connectivity index (χ0v) is 10.6. The van der Waals surface area contributed by atoms with Crippen LogP contribution in [0, 0.1) is 5.41 Å². The maximum Gasteiger partial charge on any atom is 0.0316 e. The molecule has 0 bridgehead atoms. The molecule has 2 aliphatic carbocycles. The van der Waals surface area contributed by atoms with Crippen molar-refractivity contribution in [3.05, 3.63) is 29.8 Å². The topological polar surface area (TPSA) is 26.0 Å². The average molecular weight is 229 g/mol. The minimum atomic E-state index is 0.702. The Balaban J connectivity index is 1.79. The molecule has 17 heavy (non-hydrogen) atoms. The van der Waals surface area contributed by atoms with Gasteiger partial charge >= 0.3 is 0 Å². The molecular weight excluding hydrogens is 206 g/mol. The highest BCUT2D eigenvalue weighted by Gasteiger charge is 2.38. The Morgan fingerprint density at radius 2 is 1.82 bits per heavy atom. The van der Waals surface area contributed by atoms with Crippen molar-refractivity contribution in [1.29, 1.82) is 0 Å². The van der Waals surface area contributed by atoms with Crippen molar-refractivity contribution in [2.75, 3.05) is 5.73 Å². The summed E-state index contributed by atoms with van der Waals surface area (Å²) < 4.78 is 0. The molecular formula is C16H23N. The lowest BCUT2D eigenvalue weighted by atomic mass is 9.67. The number of anilines is 1. The third-order valence-corrected chi connectivity index (χ3v) is 4.99. The second-order valence-electron chi connectivity index (χ2n) is 6.17. The molecule has 1 heteroatoms. The van der Waals surface area contributed by atoms with Crippen molar-refractivity contribution >= 4 is 5.69 Å². The van der Waals surface area contributed by atoms with Gasteiger partial charge in [-0.1, -0.05) is 31.4 Å². The Morgan fingerprint density at radius 3 is 2.59 bits per heavy atom. The molecule has 92 valence electrons. The van der Waals surface area contributed by atoms with Gasteiger partial charge in [0.1, 0.15) is 0 Å². The van der Waals surface area contributed by atoms with Crippen molar-refractivity contribution in [3.8, 4) is 0 Å². The lowest BCUT2D eigenvalue weighted by Crippen LogP contribution is -2.24.